The quantitative estimate of drug-likeness (QED) is 0.0989. The molecule has 0 amide bonds. The summed E-state index contributed by atoms with van der Waals surface area (Å²) in [5.41, 5.74) is 0. The van der Waals surface area contributed by atoms with Crippen LogP contribution in [0, 0.1) is 32.3 Å². The topological polar surface area (TPSA) is 184 Å². The van der Waals surface area contributed by atoms with Gasteiger partial charge in [0.2, 0.25) is 0 Å². The molecule has 8 aromatic carbocycles. The Morgan fingerprint density at radius 3 is 0.571 bits per heavy atom. The molecule has 0 atom stereocenters. The molecule has 18 heteroatoms. The van der Waals surface area contributed by atoms with Crippen molar-refractivity contribution < 1.29 is 103 Å². The molecular weight excluding hydrogens is 1410 g/mol. The van der Waals surface area contributed by atoms with Crippen LogP contribution in [0.25, 0.3) is 0 Å². The first-order chi connectivity index (χ1) is 32.3. The molecule has 0 aliphatic heterocycles. The normalized spacial score (nSPS) is 11.6. The molecule has 8 nitrogen and oxygen atoms in total. The second-order valence-electron chi connectivity index (χ2n) is 15.1. The molecule has 0 bridgehead atoms. The standard InChI is InChI=1S/2C26H24P2S.2Au.2ClHO4/c2*1-27(23-14-6-2-7-15-23,24-16-8-3-9-17-24)22-28(29,25-18-10-4-11-19-25)26-20-12-5-13-21-26;;;2*2-1(3,4)5/h2*2-22H,1H3;;;2*(H,2,3,4,5)/q;;2*+1;;/p-2. The van der Waals surface area contributed by atoms with E-state index in [4.69, 9.17) is 60.9 Å². The second-order valence-corrected chi connectivity index (χ2v) is 33.0. The van der Waals surface area contributed by atoms with Crippen molar-refractivity contribution in [3.8, 4) is 0 Å². The molecule has 70 heavy (non-hydrogen) atoms. The van der Waals surface area contributed by atoms with Crippen LogP contribution in [0.4, 0.5) is 0 Å². The van der Waals surface area contributed by atoms with Gasteiger partial charge in [-0.3, -0.25) is 0 Å². The van der Waals surface area contributed by atoms with Gasteiger partial charge in [0.15, 0.2) is 0 Å². The summed E-state index contributed by atoms with van der Waals surface area (Å²) in [6, 6.07) is 82.0. The van der Waals surface area contributed by atoms with Crippen molar-refractivity contribution in [1.29, 1.82) is 0 Å². The van der Waals surface area contributed by atoms with Gasteiger partial charge in [0.05, 0.1) is 21.2 Å². The van der Waals surface area contributed by atoms with Gasteiger partial charge in [0, 0.05) is 13.3 Å². The zero-order chi connectivity index (χ0) is 49.3. The van der Waals surface area contributed by atoms with E-state index in [1.807, 2.05) is 0 Å². The van der Waals surface area contributed by atoms with E-state index in [1.54, 1.807) is 0 Å². The summed E-state index contributed by atoms with van der Waals surface area (Å²) >= 11 is 13.1. The second kappa shape index (κ2) is 28.9. The first kappa shape index (κ1) is 62.0. The van der Waals surface area contributed by atoms with Gasteiger partial charge in [0.1, 0.15) is 0 Å². The predicted octanol–water partition coefficient (Wildman–Crippen LogP) is 1.55. The zero-order valence-corrected chi connectivity index (χ0v) is 48.5. The summed E-state index contributed by atoms with van der Waals surface area (Å²) < 4.78 is 67.9. The Labute approximate surface area is 458 Å². The van der Waals surface area contributed by atoms with E-state index in [9.17, 15) is 0 Å². The molecule has 0 spiro atoms. The van der Waals surface area contributed by atoms with E-state index in [0.29, 0.717) is 0 Å². The van der Waals surface area contributed by atoms with Crippen LogP contribution in [0.1, 0.15) is 0 Å². The Balaban J connectivity index is 0.000000303. The van der Waals surface area contributed by atoms with Crippen LogP contribution in [-0.4, -0.2) is 13.3 Å². The molecule has 0 fully saturated rings. The van der Waals surface area contributed by atoms with Gasteiger partial charge in [-0.25, -0.2) is 37.3 Å². The van der Waals surface area contributed by atoms with Crippen molar-refractivity contribution in [2.24, 2.45) is 0 Å². The molecular formula is C52H48Au2Cl2O8P4S2. The van der Waals surface area contributed by atoms with Crippen LogP contribution in [0.15, 0.2) is 243 Å². The van der Waals surface area contributed by atoms with Gasteiger partial charge in [-0.1, -0.05) is 206 Å². The number of benzene rings is 8. The molecule has 0 unspecified atom stereocenters. The molecule has 8 rings (SSSR count). The van der Waals surface area contributed by atoms with Crippen LogP contribution < -0.4 is 79.7 Å². The van der Waals surface area contributed by atoms with Crippen molar-refractivity contribution in [1.82, 2.24) is 0 Å². The molecule has 0 aliphatic rings. The summed E-state index contributed by atoms with van der Waals surface area (Å²) in [6.07, 6.45) is 0. The largest absolute Gasteiger partial charge is 1.00 e. The molecule has 0 heterocycles. The molecule has 8 aromatic rings. The number of rotatable bonds is 12. The van der Waals surface area contributed by atoms with E-state index in [0.717, 1.165) is 0 Å². The fourth-order valence-electron chi connectivity index (χ4n) is 7.33. The van der Waals surface area contributed by atoms with Crippen LogP contribution in [0.5, 0.6) is 0 Å². The first-order valence-electron chi connectivity index (χ1n) is 20.6. The summed E-state index contributed by atoms with van der Waals surface area (Å²) in [4.78, 5) is 0. The van der Waals surface area contributed by atoms with Crippen molar-refractivity contribution in [2.45, 2.75) is 0 Å². The third-order valence-electron chi connectivity index (χ3n) is 10.5. The van der Waals surface area contributed by atoms with Gasteiger partial charge in [0.25, 0.3) is 0 Å². The number of hydrogen-bond donors (Lipinski definition) is 0. The fraction of sp³-hybridized carbons (Fsp3) is 0.0385. The molecule has 0 aromatic heterocycles. The molecule has 0 saturated carbocycles. The Morgan fingerprint density at radius 1 is 0.300 bits per heavy atom. The zero-order valence-electron chi connectivity index (χ0n) is 37.5. The SMILES string of the molecule is C[P+]([CH-]P(=S)(c1ccccc1)c1ccccc1)(c1ccccc1)c1ccccc1.C[P+]([CH-]P(=S)(c1ccccc1)c1ccccc1)(c1ccccc1)c1ccccc1.[Au+].[Au+].[O-][Cl+3]([O-])([O-])[O-].[O-][Cl+3]([O-])([O-])[O-]. The fourth-order valence-corrected chi connectivity index (χ4v) is 28.5. The van der Waals surface area contributed by atoms with E-state index >= 15 is 0 Å². The Hall–Kier alpha value is -2.34. The smallest absolute Gasteiger partial charge is 0.222 e. The molecule has 0 saturated heterocycles. The summed E-state index contributed by atoms with van der Waals surface area (Å²) in [5.74, 6) is 5.12. The third-order valence-corrected chi connectivity index (χ3v) is 30.8. The molecule has 372 valence electrons. The molecule has 0 N–H and O–H groups in total. The van der Waals surface area contributed by atoms with Crippen LogP contribution >= 0.6 is 26.6 Å². The monoisotopic (exact) mass is 1450 g/mol. The molecule has 0 aliphatic carbocycles. The molecule has 0 radical (unpaired) electrons. The van der Waals surface area contributed by atoms with Gasteiger partial charge < -0.3 is 0 Å². The Bertz CT molecular complexity index is 2440. The minimum absolute atomic E-state index is 0. The third kappa shape index (κ3) is 18.5. The van der Waals surface area contributed by atoms with Gasteiger partial charge >= 0.3 is 44.8 Å². The average molecular weight is 1450 g/mol. The maximum Gasteiger partial charge on any atom is 1.00 e. The summed E-state index contributed by atoms with van der Waals surface area (Å²) in [7, 11) is -13.5. The van der Waals surface area contributed by atoms with E-state index in [1.165, 1.54) is 42.4 Å². The van der Waals surface area contributed by atoms with E-state index in [2.05, 4.69) is 268 Å². The van der Waals surface area contributed by atoms with Crippen molar-refractivity contribution in [3.63, 3.8) is 0 Å². The van der Waals surface area contributed by atoms with Crippen LogP contribution in [-0.2, 0) is 68.4 Å². The number of halogens is 2. The Kier molecular flexibility index (Phi) is 25.6. The Morgan fingerprint density at radius 2 is 0.429 bits per heavy atom. The predicted molar refractivity (Wildman–Crippen MR) is 271 cm³/mol. The maximum absolute atomic E-state index is 8.49. The van der Waals surface area contributed by atoms with Crippen molar-refractivity contribution in [3.05, 3.63) is 254 Å². The van der Waals surface area contributed by atoms with Crippen molar-refractivity contribution in [2.75, 3.05) is 13.3 Å². The first-order valence-corrected chi connectivity index (χ1v) is 33.4. The van der Waals surface area contributed by atoms with E-state index in [-0.39, 0.29) is 44.8 Å². The number of hydrogen-bond acceptors (Lipinski definition) is 10. The van der Waals surface area contributed by atoms with Crippen LogP contribution in [0.3, 0.4) is 0 Å². The minimum atomic E-state index is -4.94. The van der Waals surface area contributed by atoms with Crippen molar-refractivity contribution >= 4 is 92.7 Å². The van der Waals surface area contributed by atoms with Gasteiger partial charge in [-0.2, -0.15) is 0 Å². The maximum atomic E-state index is 8.49. The summed E-state index contributed by atoms with van der Waals surface area (Å²) in [5, 5.41) is 10.5. The van der Waals surface area contributed by atoms with Gasteiger partial charge in [-0.15, -0.1) is 55.9 Å². The average Bonchev–Trinajstić information content (AvgIpc) is 3.35. The summed E-state index contributed by atoms with van der Waals surface area (Å²) in [6.45, 7) is 4.81. The minimum Gasteiger partial charge on any atom is -0.222 e. The van der Waals surface area contributed by atoms with Crippen LogP contribution in [0.2, 0.25) is 0 Å². The van der Waals surface area contributed by atoms with E-state index < -0.39 is 47.1 Å². The van der Waals surface area contributed by atoms with Gasteiger partial charge in [-0.05, 0) is 84.3 Å².